The van der Waals surface area contributed by atoms with Crippen LogP contribution in [0.4, 0.5) is 0 Å². The van der Waals surface area contributed by atoms with Crippen LogP contribution < -0.4 is 21.7 Å². The first kappa shape index (κ1) is 32.4. The molecule has 2 fully saturated rings. The molecule has 5 amide bonds. The molecule has 2 aliphatic heterocycles. The number of hydrogen-bond donors (Lipinski definition) is 8. The Kier molecular flexibility index (Phi) is 12.2. The number of nitrogens with two attached hydrogens (primary N) is 1. The smallest absolute Gasteiger partial charge is 0.328 e. The van der Waals surface area contributed by atoms with Gasteiger partial charge in [-0.3, -0.25) is 28.8 Å². The monoisotopic (exact) mass is 572 g/mol. The lowest BCUT2D eigenvalue weighted by atomic mass is 10.1. The van der Waals surface area contributed by atoms with Gasteiger partial charge >= 0.3 is 11.9 Å². The fraction of sp³-hybridized carbons (Fsp3) is 0.696. The number of rotatable bonds is 14. The molecule has 0 spiro atoms. The van der Waals surface area contributed by atoms with Gasteiger partial charge in [0.05, 0.1) is 19.8 Å². The van der Waals surface area contributed by atoms with Crippen molar-refractivity contribution in [2.24, 2.45) is 5.73 Å². The number of aliphatic carboxylic acids is 2. The van der Waals surface area contributed by atoms with E-state index in [9.17, 15) is 38.7 Å². The van der Waals surface area contributed by atoms with Crippen molar-refractivity contribution in [1.29, 1.82) is 0 Å². The van der Waals surface area contributed by atoms with E-state index in [1.807, 2.05) is 0 Å². The predicted molar refractivity (Wildman–Crippen MR) is 133 cm³/mol. The molecule has 0 aliphatic carbocycles. The van der Waals surface area contributed by atoms with E-state index >= 15 is 0 Å². The van der Waals surface area contributed by atoms with Crippen molar-refractivity contribution in [2.75, 3.05) is 32.8 Å². The lowest BCUT2D eigenvalue weighted by molar-refractivity contribution is -0.149. The second kappa shape index (κ2) is 15.1. The van der Waals surface area contributed by atoms with Crippen molar-refractivity contribution in [2.45, 2.75) is 68.7 Å². The molecule has 0 aromatic carbocycles. The number of nitrogens with one attached hydrogen (secondary N) is 3. The first-order valence-electron chi connectivity index (χ1n) is 12.8. The van der Waals surface area contributed by atoms with E-state index < -0.39 is 97.9 Å². The molecule has 2 saturated heterocycles. The second-order valence-corrected chi connectivity index (χ2v) is 9.52. The Morgan fingerprint density at radius 2 is 1.48 bits per heavy atom. The zero-order valence-corrected chi connectivity index (χ0v) is 21.8. The first-order valence-corrected chi connectivity index (χ1v) is 12.8. The van der Waals surface area contributed by atoms with Crippen molar-refractivity contribution >= 4 is 41.5 Å². The second-order valence-electron chi connectivity index (χ2n) is 9.52. The van der Waals surface area contributed by atoms with Crippen molar-refractivity contribution in [1.82, 2.24) is 25.8 Å². The van der Waals surface area contributed by atoms with Crippen LogP contribution >= 0.6 is 0 Å². The van der Waals surface area contributed by atoms with E-state index in [1.54, 1.807) is 0 Å². The highest BCUT2D eigenvalue weighted by atomic mass is 16.4. The molecule has 224 valence electrons. The third-order valence-electron chi connectivity index (χ3n) is 6.69. The predicted octanol–water partition coefficient (Wildman–Crippen LogP) is -4.68. The zero-order chi connectivity index (χ0) is 30.0. The lowest BCUT2D eigenvalue weighted by Crippen LogP contribution is -2.57. The summed E-state index contributed by atoms with van der Waals surface area (Å²) in [7, 11) is 0. The van der Waals surface area contributed by atoms with Gasteiger partial charge in [0.25, 0.3) is 0 Å². The molecule has 17 heteroatoms. The Morgan fingerprint density at radius 3 is 2.05 bits per heavy atom. The number of carboxylic acids is 2. The number of carbonyl (C=O) groups excluding carboxylic acids is 5. The number of carbonyl (C=O) groups is 7. The molecular weight excluding hydrogens is 536 g/mol. The summed E-state index contributed by atoms with van der Waals surface area (Å²) >= 11 is 0. The molecule has 40 heavy (non-hydrogen) atoms. The maximum Gasteiger partial charge on any atom is 0.328 e. The molecule has 9 N–H and O–H groups in total. The molecule has 0 unspecified atom stereocenters. The van der Waals surface area contributed by atoms with Crippen molar-refractivity contribution < 1.29 is 54.0 Å². The van der Waals surface area contributed by atoms with Crippen LogP contribution in [0.5, 0.6) is 0 Å². The van der Waals surface area contributed by atoms with Gasteiger partial charge in [0.15, 0.2) is 0 Å². The highest BCUT2D eigenvalue weighted by molar-refractivity contribution is 5.96. The maximum atomic E-state index is 13.5. The van der Waals surface area contributed by atoms with Gasteiger partial charge < -0.3 is 51.9 Å². The van der Waals surface area contributed by atoms with Gasteiger partial charge in [0, 0.05) is 19.5 Å². The van der Waals surface area contributed by atoms with Crippen molar-refractivity contribution in [3.63, 3.8) is 0 Å². The molecule has 2 aliphatic rings. The molecule has 0 aromatic rings. The van der Waals surface area contributed by atoms with E-state index in [0.717, 1.165) is 0 Å². The van der Waals surface area contributed by atoms with Gasteiger partial charge in [-0.25, -0.2) is 4.79 Å². The van der Waals surface area contributed by atoms with Crippen LogP contribution in [-0.2, 0) is 33.6 Å². The number of aliphatic hydroxyl groups excluding tert-OH is 2. The SMILES string of the molecule is N[C@@H](CO)C(=O)NCC(=O)N[C@@H](CCC(=O)O)C(=O)N1CCC[C@H]1C(=O)N1CCC[C@H]1C(=O)N[C@@H](CO)C(=O)O. The highest BCUT2D eigenvalue weighted by Gasteiger charge is 2.44. The minimum absolute atomic E-state index is 0.132. The average molecular weight is 573 g/mol. The molecule has 0 saturated carbocycles. The summed E-state index contributed by atoms with van der Waals surface area (Å²) in [6, 6.07) is -6.14. The molecular formula is C23H36N6O11. The summed E-state index contributed by atoms with van der Waals surface area (Å²) in [5.41, 5.74) is 5.37. The van der Waals surface area contributed by atoms with Gasteiger partial charge in [-0.05, 0) is 32.1 Å². The Bertz CT molecular complexity index is 992. The van der Waals surface area contributed by atoms with Crippen LogP contribution in [0.3, 0.4) is 0 Å². The topological polar surface area (TPSA) is 269 Å². The third kappa shape index (κ3) is 8.59. The quantitative estimate of drug-likeness (QED) is 0.0976. The van der Waals surface area contributed by atoms with Crippen LogP contribution in [0.2, 0.25) is 0 Å². The van der Waals surface area contributed by atoms with E-state index in [1.165, 1.54) is 9.80 Å². The van der Waals surface area contributed by atoms with Crippen LogP contribution in [0.15, 0.2) is 0 Å². The molecule has 0 aromatic heterocycles. The molecule has 0 bridgehead atoms. The Hall–Kier alpha value is -3.83. The summed E-state index contributed by atoms with van der Waals surface area (Å²) in [6.07, 6.45) is 0.595. The summed E-state index contributed by atoms with van der Waals surface area (Å²) in [5, 5.41) is 43.1. The van der Waals surface area contributed by atoms with Crippen LogP contribution in [0, 0.1) is 0 Å². The van der Waals surface area contributed by atoms with Gasteiger partial charge in [0.2, 0.25) is 29.5 Å². The minimum atomic E-state index is -1.54. The Balaban J connectivity index is 2.13. The molecule has 5 atom stereocenters. The summed E-state index contributed by atoms with van der Waals surface area (Å²) in [6.45, 7) is -1.78. The average Bonchev–Trinajstić information content (AvgIpc) is 3.61. The standard InChI is InChI=1S/C23H36N6O11/c24-12(10-30)19(35)25-9-17(32)26-13(5-6-18(33)34)21(37)29-8-2-4-16(29)22(38)28-7-1-3-15(28)20(36)27-14(11-31)23(39)40/h12-16,30-31H,1-11,24H2,(H,25,35)(H,26,32)(H,27,36)(H,33,34)(H,39,40)/t12-,13-,14-,15-,16-/m0/s1. The van der Waals surface area contributed by atoms with Crippen molar-refractivity contribution in [3.05, 3.63) is 0 Å². The fourth-order valence-corrected chi connectivity index (χ4v) is 4.59. The van der Waals surface area contributed by atoms with Gasteiger partial charge in [0.1, 0.15) is 30.2 Å². The highest BCUT2D eigenvalue weighted by Crippen LogP contribution is 2.26. The lowest BCUT2D eigenvalue weighted by Gasteiger charge is -2.33. The van der Waals surface area contributed by atoms with Crippen LogP contribution in [0.1, 0.15) is 38.5 Å². The van der Waals surface area contributed by atoms with E-state index in [0.29, 0.717) is 12.8 Å². The normalized spacial score (nSPS) is 20.8. The van der Waals surface area contributed by atoms with Crippen LogP contribution in [0.25, 0.3) is 0 Å². The number of carboxylic acid groups (broad SMARTS) is 2. The number of nitrogens with zero attached hydrogens (tertiary/aromatic N) is 2. The van der Waals surface area contributed by atoms with Crippen LogP contribution in [-0.4, -0.2) is 135 Å². The molecule has 0 radical (unpaired) electrons. The third-order valence-corrected chi connectivity index (χ3v) is 6.69. The number of amides is 5. The maximum absolute atomic E-state index is 13.5. The molecule has 2 heterocycles. The summed E-state index contributed by atoms with van der Waals surface area (Å²) in [5.74, 6) is -6.31. The van der Waals surface area contributed by atoms with Gasteiger partial charge in [-0.2, -0.15) is 0 Å². The van der Waals surface area contributed by atoms with E-state index in [-0.39, 0.29) is 32.4 Å². The molecule has 2 rings (SSSR count). The Labute approximate surface area is 229 Å². The van der Waals surface area contributed by atoms with Crippen molar-refractivity contribution in [3.8, 4) is 0 Å². The summed E-state index contributed by atoms with van der Waals surface area (Å²) in [4.78, 5) is 88.5. The number of aliphatic hydroxyl groups is 2. The number of likely N-dealkylation sites (tertiary alicyclic amines) is 2. The molecule has 17 nitrogen and oxygen atoms in total. The van der Waals surface area contributed by atoms with E-state index in [4.69, 9.17) is 21.1 Å². The fourth-order valence-electron chi connectivity index (χ4n) is 4.59. The van der Waals surface area contributed by atoms with Gasteiger partial charge in [-0.1, -0.05) is 0 Å². The Morgan fingerprint density at radius 1 is 0.850 bits per heavy atom. The first-order chi connectivity index (χ1) is 18.9. The van der Waals surface area contributed by atoms with Gasteiger partial charge in [-0.15, -0.1) is 0 Å². The zero-order valence-electron chi connectivity index (χ0n) is 21.8. The minimum Gasteiger partial charge on any atom is -0.481 e. The van der Waals surface area contributed by atoms with E-state index in [2.05, 4.69) is 16.0 Å². The number of hydrogen-bond acceptors (Lipinski definition) is 10. The largest absolute Gasteiger partial charge is 0.481 e. The summed E-state index contributed by atoms with van der Waals surface area (Å²) < 4.78 is 0.